The summed E-state index contributed by atoms with van der Waals surface area (Å²) in [7, 11) is 1.84. The Balaban J connectivity index is 2.03. The summed E-state index contributed by atoms with van der Waals surface area (Å²) < 4.78 is 2.67. The molecule has 94 valence electrons. The van der Waals surface area contributed by atoms with Crippen LogP contribution in [0.3, 0.4) is 0 Å². The molecule has 1 aromatic heterocycles. The molecule has 2 aromatic rings. The van der Waals surface area contributed by atoms with Gasteiger partial charge >= 0.3 is 0 Å². The highest BCUT2D eigenvalue weighted by molar-refractivity contribution is 9.10. The lowest BCUT2D eigenvalue weighted by Crippen LogP contribution is -2.16. The number of hydrogen-bond acceptors (Lipinski definition) is 2. The van der Waals surface area contributed by atoms with E-state index in [-0.39, 0.29) is 5.91 Å². The van der Waals surface area contributed by atoms with Crippen molar-refractivity contribution in [3.8, 4) is 0 Å². The van der Waals surface area contributed by atoms with Crippen LogP contribution in [0.1, 0.15) is 11.4 Å². The quantitative estimate of drug-likeness (QED) is 0.947. The standard InChI is InChI=1S/C13H14BrN3O/c1-9-6-12(17(2)16-9)8-13(18)15-11-5-3-4-10(14)7-11/h3-7H,8H2,1-2H3,(H,15,18). The maximum atomic E-state index is 11.9. The molecule has 18 heavy (non-hydrogen) atoms. The second-order valence-corrected chi connectivity index (χ2v) is 5.05. The van der Waals surface area contributed by atoms with E-state index in [1.807, 2.05) is 44.3 Å². The molecule has 5 heteroatoms. The van der Waals surface area contributed by atoms with E-state index >= 15 is 0 Å². The minimum Gasteiger partial charge on any atom is -0.326 e. The molecule has 1 N–H and O–H groups in total. The third kappa shape index (κ3) is 3.20. The summed E-state index contributed by atoms with van der Waals surface area (Å²) in [6.07, 6.45) is 0.323. The second kappa shape index (κ2) is 5.35. The van der Waals surface area contributed by atoms with Crippen LogP contribution in [0, 0.1) is 6.92 Å². The number of halogens is 1. The van der Waals surface area contributed by atoms with Crippen LogP contribution in [0.2, 0.25) is 0 Å². The molecule has 0 saturated heterocycles. The molecular weight excluding hydrogens is 294 g/mol. The summed E-state index contributed by atoms with van der Waals surface area (Å²) in [4.78, 5) is 11.9. The van der Waals surface area contributed by atoms with Crippen LogP contribution in [0.4, 0.5) is 5.69 Å². The average molecular weight is 308 g/mol. The van der Waals surface area contributed by atoms with E-state index in [4.69, 9.17) is 0 Å². The van der Waals surface area contributed by atoms with Gasteiger partial charge in [0.1, 0.15) is 0 Å². The van der Waals surface area contributed by atoms with Gasteiger partial charge in [-0.2, -0.15) is 5.10 Å². The highest BCUT2D eigenvalue weighted by atomic mass is 79.9. The molecule has 4 nitrogen and oxygen atoms in total. The molecule has 0 spiro atoms. The molecule has 0 aliphatic rings. The predicted octanol–water partition coefficient (Wildman–Crippen LogP) is 2.67. The molecule has 0 radical (unpaired) electrons. The summed E-state index contributed by atoms with van der Waals surface area (Å²) in [5.74, 6) is -0.0453. The molecule has 0 aliphatic heterocycles. The molecule has 1 amide bonds. The van der Waals surface area contributed by atoms with Gasteiger partial charge in [-0.1, -0.05) is 22.0 Å². The lowest BCUT2D eigenvalue weighted by molar-refractivity contribution is -0.115. The van der Waals surface area contributed by atoms with Gasteiger partial charge in [-0.3, -0.25) is 9.48 Å². The number of nitrogens with one attached hydrogen (secondary N) is 1. The van der Waals surface area contributed by atoms with Gasteiger partial charge in [-0.05, 0) is 31.2 Å². The number of anilines is 1. The van der Waals surface area contributed by atoms with Crippen LogP contribution in [-0.4, -0.2) is 15.7 Å². The third-order valence-corrected chi connectivity index (χ3v) is 3.04. The van der Waals surface area contributed by atoms with Gasteiger partial charge in [0.2, 0.25) is 5.91 Å². The first-order valence-corrected chi connectivity index (χ1v) is 6.39. The first-order valence-electron chi connectivity index (χ1n) is 5.59. The van der Waals surface area contributed by atoms with Crippen LogP contribution in [0.5, 0.6) is 0 Å². The molecule has 2 rings (SSSR count). The Morgan fingerprint density at radius 1 is 1.44 bits per heavy atom. The van der Waals surface area contributed by atoms with Crippen molar-refractivity contribution in [2.24, 2.45) is 7.05 Å². The molecule has 1 heterocycles. The Hall–Kier alpha value is -1.62. The Morgan fingerprint density at radius 2 is 2.22 bits per heavy atom. The van der Waals surface area contributed by atoms with Crippen molar-refractivity contribution in [3.05, 3.63) is 46.2 Å². The Kier molecular flexibility index (Phi) is 3.81. The number of carbonyl (C=O) groups is 1. The summed E-state index contributed by atoms with van der Waals surface area (Å²) in [6, 6.07) is 9.44. The van der Waals surface area contributed by atoms with E-state index < -0.39 is 0 Å². The van der Waals surface area contributed by atoms with E-state index in [0.717, 1.165) is 21.5 Å². The first-order chi connectivity index (χ1) is 8.54. The zero-order chi connectivity index (χ0) is 13.1. The summed E-state index contributed by atoms with van der Waals surface area (Å²) in [5, 5.41) is 7.07. The Bertz CT molecular complexity index is 577. The van der Waals surface area contributed by atoms with E-state index in [0.29, 0.717) is 6.42 Å². The van der Waals surface area contributed by atoms with Crippen LogP contribution in [0.25, 0.3) is 0 Å². The summed E-state index contributed by atoms with van der Waals surface area (Å²) in [6.45, 7) is 1.91. The van der Waals surface area contributed by atoms with Crippen molar-refractivity contribution in [1.82, 2.24) is 9.78 Å². The molecular formula is C13H14BrN3O. The predicted molar refractivity (Wildman–Crippen MR) is 74.4 cm³/mol. The van der Waals surface area contributed by atoms with Crippen LogP contribution in [-0.2, 0) is 18.3 Å². The number of rotatable bonds is 3. The van der Waals surface area contributed by atoms with Gasteiger partial charge in [0, 0.05) is 22.9 Å². The van der Waals surface area contributed by atoms with Gasteiger partial charge in [-0.15, -0.1) is 0 Å². The van der Waals surface area contributed by atoms with E-state index in [9.17, 15) is 4.79 Å². The van der Waals surface area contributed by atoms with E-state index in [2.05, 4.69) is 26.3 Å². The summed E-state index contributed by atoms with van der Waals surface area (Å²) in [5.41, 5.74) is 2.61. The fraction of sp³-hybridized carbons (Fsp3) is 0.231. The maximum Gasteiger partial charge on any atom is 0.230 e. The molecule has 1 aromatic carbocycles. The number of benzene rings is 1. The lowest BCUT2D eigenvalue weighted by atomic mass is 10.2. The van der Waals surface area contributed by atoms with Gasteiger partial charge in [0.05, 0.1) is 12.1 Å². The van der Waals surface area contributed by atoms with Crippen molar-refractivity contribution >= 4 is 27.5 Å². The molecule has 0 saturated carbocycles. The van der Waals surface area contributed by atoms with E-state index in [1.165, 1.54) is 0 Å². The fourth-order valence-electron chi connectivity index (χ4n) is 1.77. The number of hydrogen-bond donors (Lipinski definition) is 1. The average Bonchev–Trinajstić information content (AvgIpc) is 2.57. The zero-order valence-corrected chi connectivity index (χ0v) is 11.9. The number of aromatic nitrogens is 2. The highest BCUT2D eigenvalue weighted by Gasteiger charge is 2.08. The number of carbonyl (C=O) groups excluding carboxylic acids is 1. The topological polar surface area (TPSA) is 46.9 Å². The molecule has 0 unspecified atom stereocenters. The van der Waals surface area contributed by atoms with Crippen molar-refractivity contribution in [2.45, 2.75) is 13.3 Å². The third-order valence-electron chi connectivity index (χ3n) is 2.55. The van der Waals surface area contributed by atoms with Gasteiger partial charge in [0.25, 0.3) is 0 Å². The number of amides is 1. The van der Waals surface area contributed by atoms with Crippen molar-refractivity contribution < 1.29 is 4.79 Å². The van der Waals surface area contributed by atoms with Gasteiger partial charge in [0.15, 0.2) is 0 Å². The van der Waals surface area contributed by atoms with E-state index in [1.54, 1.807) is 4.68 Å². The normalized spacial score (nSPS) is 10.4. The minimum atomic E-state index is -0.0453. The van der Waals surface area contributed by atoms with Crippen LogP contribution >= 0.6 is 15.9 Å². The Morgan fingerprint density at radius 3 is 2.83 bits per heavy atom. The fourth-order valence-corrected chi connectivity index (χ4v) is 2.16. The van der Waals surface area contributed by atoms with Gasteiger partial charge in [-0.25, -0.2) is 0 Å². The van der Waals surface area contributed by atoms with Crippen molar-refractivity contribution in [1.29, 1.82) is 0 Å². The number of aryl methyl sites for hydroxylation is 2. The maximum absolute atomic E-state index is 11.9. The molecule has 0 atom stereocenters. The van der Waals surface area contributed by atoms with Crippen molar-refractivity contribution in [3.63, 3.8) is 0 Å². The Labute approximate surface area is 114 Å². The second-order valence-electron chi connectivity index (χ2n) is 4.14. The van der Waals surface area contributed by atoms with Crippen LogP contribution in [0.15, 0.2) is 34.8 Å². The number of nitrogens with zero attached hydrogens (tertiary/aromatic N) is 2. The largest absolute Gasteiger partial charge is 0.326 e. The monoisotopic (exact) mass is 307 g/mol. The minimum absolute atomic E-state index is 0.0453. The highest BCUT2D eigenvalue weighted by Crippen LogP contribution is 2.16. The van der Waals surface area contributed by atoms with Gasteiger partial charge < -0.3 is 5.32 Å². The van der Waals surface area contributed by atoms with Crippen molar-refractivity contribution in [2.75, 3.05) is 5.32 Å². The smallest absolute Gasteiger partial charge is 0.230 e. The SMILES string of the molecule is Cc1cc(CC(=O)Nc2cccc(Br)c2)n(C)n1. The lowest BCUT2D eigenvalue weighted by Gasteiger charge is -2.05. The molecule has 0 fully saturated rings. The van der Waals surface area contributed by atoms with Crippen LogP contribution < -0.4 is 5.32 Å². The zero-order valence-electron chi connectivity index (χ0n) is 10.3. The molecule has 0 aliphatic carbocycles. The first kappa shape index (κ1) is 12.8. The molecule has 0 bridgehead atoms. The summed E-state index contributed by atoms with van der Waals surface area (Å²) >= 11 is 3.37.